The lowest BCUT2D eigenvalue weighted by atomic mass is 10.1. The monoisotopic (exact) mass is 271 g/mol. The number of hydrogen-bond donors (Lipinski definition) is 1. The molecular weight excluding hydrogens is 259 g/mol. The van der Waals surface area contributed by atoms with E-state index in [1.807, 2.05) is 0 Å². The summed E-state index contributed by atoms with van der Waals surface area (Å²) in [6.07, 6.45) is -4.63. The average Bonchev–Trinajstić information content (AvgIpc) is 2.29. The Hall–Kier alpha value is -1.98. The maximum atomic E-state index is 13.2. The number of halogens is 3. The van der Waals surface area contributed by atoms with Crippen LogP contribution in [0.15, 0.2) is 27.4 Å². The molecule has 1 aromatic heterocycles. The van der Waals surface area contributed by atoms with Gasteiger partial charge in [0.25, 0.3) is 0 Å². The van der Waals surface area contributed by atoms with Gasteiger partial charge in [-0.25, -0.2) is 4.79 Å². The Morgan fingerprint density at radius 1 is 1.32 bits per heavy atom. The third-order valence-electron chi connectivity index (χ3n) is 2.70. The quantitative estimate of drug-likeness (QED) is 0.849. The van der Waals surface area contributed by atoms with Crippen molar-refractivity contribution in [3.8, 4) is 0 Å². The molecular formula is C13H12F3NO2. The highest BCUT2D eigenvalue weighted by Crippen LogP contribution is 2.38. The molecule has 1 N–H and O–H groups in total. The lowest BCUT2D eigenvalue weighted by Gasteiger charge is -2.15. The van der Waals surface area contributed by atoms with Crippen molar-refractivity contribution in [1.29, 1.82) is 0 Å². The maximum Gasteiger partial charge on any atom is 0.419 e. The van der Waals surface area contributed by atoms with E-state index in [1.165, 1.54) is 12.1 Å². The molecule has 2 rings (SSSR count). The fourth-order valence-electron chi connectivity index (χ4n) is 1.95. The summed E-state index contributed by atoms with van der Waals surface area (Å²) < 4.78 is 44.5. The Balaban J connectivity index is 2.93. The number of aryl methyl sites for hydroxylation is 1. The Kier molecular flexibility index (Phi) is 3.26. The molecule has 0 aliphatic carbocycles. The highest BCUT2D eigenvalue weighted by atomic mass is 19.4. The van der Waals surface area contributed by atoms with Crippen molar-refractivity contribution in [1.82, 2.24) is 0 Å². The molecule has 0 amide bonds. The minimum absolute atomic E-state index is 0.0652. The van der Waals surface area contributed by atoms with Crippen LogP contribution in [-0.2, 0) is 6.18 Å². The minimum atomic E-state index is -4.63. The second-order valence-electron chi connectivity index (χ2n) is 4.17. The Morgan fingerprint density at radius 2 is 2.00 bits per heavy atom. The van der Waals surface area contributed by atoms with E-state index in [0.717, 1.165) is 0 Å². The zero-order valence-electron chi connectivity index (χ0n) is 10.4. The van der Waals surface area contributed by atoms with E-state index >= 15 is 0 Å². The number of anilines is 1. The van der Waals surface area contributed by atoms with Crippen molar-refractivity contribution in [2.24, 2.45) is 0 Å². The normalized spacial score (nSPS) is 11.8. The van der Waals surface area contributed by atoms with E-state index < -0.39 is 23.1 Å². The van der Waals surface area contributed by atoms with Crippen LogP contribution in [0.2, 0.25) is 0 Å². The molecule has 0 spiro atoms. The van der Waals surface area contributed by atoms with Gasteiger partial charge in [-0.1, -0.05) is 11.6 Å². The van der Waals surface area contributed by atoms with Gasteiger partial charge in [0.05, 0.1) is 5.56 Å². The van der Waals surface area contributed by atoms with Crippen molar-refractivity contribution in [2.45, 2.75) is 20.0 Å². The van der Waals surface area contributed by atoms with Crippen molar-refractivity contribution >= 4 is 16.7 Å². The number of alkyl halides is 3. The fourth-order valence-corrected chi connectivity index (χ4v) is 1.95. The lowest BCUT2D eigenvalue weighted by Crippen LogP contribution is -2.19. The van der Waals surface area contributed by atoms with Crippen LogP contribution in [0.25, 0.3) is 11.0 Å². The standard InChI is InChI=1S/C13H12F3NO2/c1-3-17-11-10(13(14,15)16)8-6-7(2)4-5-9(8)19-12(11)18/h4-6,17H,3H2,1-2H3. The van der Waals surface area contributed by atoms with E-state index in [-0.39, 0.29) is 17.5 Å². The van der Waals surface area contributed by atoms with Crippen LogP contribution in [0.1, 0.15) is 18.1 Å². The molecule has 19 heavy (non-hydrogen) atoms. The van der Waals surface area contributed by atoms with Crippen LogP contribution >= 0.6 is 0 Å². The Bertz CT molecular complexity index is 674. The summed E-state index contributed by atoms with van der Waals surface area (Å²) in [5, 5.41) is 2.33. The molecule has 0 saturated heterocycles. The van der Waals surface area contributed by atoms with E-state index in [9.17, 15) is 18.0 Å². The number of benzene rings is 1. The van der Waals surface area contributed by atoms with E-state index in [2.05, 4.69) is 5.32 Å². The third-order valence-corrected chi connectivity index (χ3v) is 2.70. The molecule has 1 aromatic carbocycles. The van der Waals surface area contributed by atoms with Crippen molar-refractivity contribution < 1.29 is 17.6 Å². The molecule has 3 nitrogen and oxygen atoms in total. The molecule has 0 radical (unpaired) electrons. The number of fused-ring (bicyclic) bond motifs is 1. The highest BCUT2D eigenvalue weighted by molar-refractivity contribution is 5.86. The summed E-state index contributed by atoms with van der Waals surface area (Å²) in [4.78, 5) is 11.6. The van der Waals surface area contributed by atoms with Crippen LogP contribution in [0.4, 0.5) is 18.9 Å². The molecule has 0 atom stereocenters. The zero-order chi connectivity index (χ0) is 14.2. The van der Waals surface area contributed by atoms with Crippen LogP contribution < -0.4 is 10.9 Å². The summed E-state index contributed by atoms with van der Waals surface area (Å²) in [5.74, 6) is 0. The number of nitrogens with one attached hydrogen (secondary N) is 1. The van der Waals surface area contributed by atoms with Crippen molar-refractivity contribution in [3.05, 3.63) is 39.7 Å². The number of hydrogen-bond acceptors (Lipinski definition) is 3. The van der Waals surface area contributed by atoms with Crippen molar-refractivity contribution in [2.75, 3.05) is 11.9 Å². The first-order valence-corrected chi connectivity index (χ1v) is 5.73. The summed E-state index contributed by atoms with van der Waals surface area (Å²) in [6, 6.07) is 4.33. The molecule has 0 unspecified atom stereocenters. The van der Waals surface area contributed by atoms with Crippen LogP contribution in [0.5, 0.6) is 0 Å². The van der Waals surface area contributed by atoms with E-state index in [4.69, 9.17) is 4.42 Å². The van der Waals surface area contributed by atoms with Gasteiger partial charge in [-0.05, 0) is 26.0 Å². The molecule has 0 saturated carbocycles. The average molecular weight is 271 g/mol. The molecule has 102 valence electrons. The number of rotatable bonds is 2. The van der Waals surface area contributed by atoms with Gasteiger partial charge in [0.15, 0.2) is 0 Å². The van der Waals surface area contributed by atoms with Crippen molar-refractivity contribution in [3.63, 3.8) is 0 Å². The predicted octanol–water partition coefficient (Wildman–Crippen LogP) is 3.55. The first kappa shape index (κ1) is 13.5. The molecule has 6 heteroatoms. The van der Waals surface area contributed by atoms with Crippen LogP contribution in [0, 0.1) is 6.92 Å². The molecule has 0 bridgehead atoms. The Morgan fingerprint density at radius 3 is 2.58 bits per heavy atom. The van der Waals surface area contributed by atoms with Crippen LogP contribution in [0.3, 0.4) is 0 Å². The van der Waals surface area contributed by atoms with Gasteiger partial charge in [-0.3, -0.25) is 0 Å². The van der Waals surface area contributed by atoms with Gasteiger partial charge >= 0.3 is 11.8 Å². The first-order chi connectivity index (χ1) is 8.84. The van der Waals surface area contributed by atoms with Gasteiger partial charge in [0, 0.05) is 11.9 Å². The summed E-state index contributed by atoms with van der Waals surface area (Å²) in [5.41, 5.74) is -1.91. The van der Waals surface area contributed by atoms with Gasteiger partial charge < -0.3 is 9.73 Å². The molecule has 0 aliphatic heterocycles. The smallest absolute Gasteiger partial charge is 0.419 e. The predicted molar refractivity (Wildman–Crippen MR) is 66.4 cm³/mol. The van der Waals surface area contributed by atoms with Gasteiger partial charge in [0.2, 0.25) is 0 Å². The summed E-state index contributed by atoms with van der Waals surface area (Å²) >= 11 is 0. The van der Waals surface area contributed by atoms with E-state index in [1.54, 1.807) is 19.9 Å². The topological polar surface area (TPSA) is 42.2 Å². The SMILES string of the molecule is CCNc1c(C(F)(F)F)c2cc(C)ccc2oc1=O. The maximum absolute atomic E-state index is 13.2. The zero-order valence-corrected chi connectivity index (χ0v) is 10.4. The fraction of sp³-hybridized carbons (Fsp3) is 0.308. The first-order valence-electron chi connectivity index (χ1n) is 5.73. The summed E-state index contributed by atoms with van der Waals surface area (Å²) in [6.45, 7) is 3.49. The second-order valence-corrected chi connectivity index (χ2v) is 4.17. The third kappa shape index (κ3) is 2.43. The van der Waals surface area contributed by atoms with E-state index in [0.29, 0.717) is 5.56 Å². The molecule has 0 fully saturated rings. The largest absolute Gasteiger partial charge is 0.421 e. The second kappa shape index (κ2) is 4.60. The van der Waals surface area contributed by atoms with Gasteiger partial charge in [0.1, 0.15) is 11.3 Å². The molecule has 1 heterocycles. The van der Waals surface area contributed by atoms with Gasteiger partial charge in [-0.2, -0.15) is 13.2 Å². The minimum Gasteiger partial charge on any atom is -0.421 e. The summed E-state index contributed by atoms with van der Waals surface area (Å²) in [7, 11) is 0. The van der Waals surface area contributed by atoms with Crippen LogP contribution in [-0.4, -0.2) is 6.54 Å². The van der Waals surface area contributed by atoms with Gasteiger partial charge in [-0.15, -0.1) is 0 Å². The lowest BCUT2D eigenvalue weighted by molar-refractivity contribution is -0.135. The molecule has 2 aromatic rings. The highest BCUT2D eigenvalue weighted by Gasteiger charge is 2.37. The molecule has 0 aliphatic rings. The Labute approximate surface area is 107 Å².